The van der Waals surface area contributed by atoms with Crippen LogP contribution >= 0.6 is 0 Å². The Morgan fingerprint density at radius 1 is 1.04 bits per heavy atom. The van der Waals surface area contributed by atoms with E-state index < -0.39 is 0 Å². The third-order valence-corrected chi connectivity index (χ3v) is 4.83. The van der Waals surface area contributed by atoms with Crippen LogP contribution in [0.2, 0.25) is 0 Å². The van der Waals surface area contributed by atoms with Crippen LogP contribution < -0.4 is 4.90 Å². The zero-order chi connectivity index (χ0) is 17.8. The molecule has 1 saturated heterocycles. The monoisotopic (exact) mass is 338 g/mol. The predicted molar refractivity (Wildman–Crippen MR) is 101 cm³/mol. The smallest absolute Gasteiger partial charge is 0.253 e. The van der Waals surface area contributed by atoms with Gasteiger partial charge in [-0.1, -0.05) is 18.2 Å². The van der Waals surface area contributed by atoms with Gasteiger partial charge in [-0.2, -0.15) is 0 Å². The first-order valence-electron chi connectivity index (χ1n) is 8.79. The molecule has 0 unspecified atom stereocenters. The van der Waals surface area contributed by atoms with Crippen LogP contribution in [0.15, 0.2) is 42.5 Å². The first-order chi connectivity index (χ1) is 12.0. The first-order valence-corrected chi connectivity index (χ1v) is 8.79. The van der Waals surface area contributed by atoms with Crippen LogP contribution in [-0.4, -0.2) is 44.2 Å². The largest absolute Gasteiger partial charge is 0.378 e. The van der Waals surface area contributed by atoms with Crippen molar-refractivity contribution in [3.63, 3.8) is 0 Å². The van der Waals surface area contributed by atoms with Crippen LogP contribution in [0.1, 0.15) is 27.0 Å². The minimum Gasteiger partial charge on any atom is -0.378 e. The zero-order valence-electron chi connectivity index (χ0n) is 15.3. The number of anilines is 1. The third kappa shape index (κ3) is 4.20. The van der Waals surface area contributed by atoms with Crippen molar-refractivity contribution in [2.45, 2.75) is 20.4 Å². The normalized spacial score (nSPS) is 14.4. The summed E-state index contributed by atoms with van der Waals surface area (Å²) in [7, 11) is 1.85. The lowest BCUT2D eigenvalue weighted by atomic mass is 10.1. The molecule has 1 aliphatic heterocycles. The summed E-state index contributed by atoms with van der Waals surface area (Å²) in [6.07, 6.45) is 0. The van der Waals surface area contributed by atoms with Gasteiger partial charge in [0.2, 0.25) is 0 Å². The van der Waals surface area contributed by atoms with Crippen molar-refractivity contribution in [1.29, 1.82) is 0 Å². The quantitative estimate of drug-likeness (QED) is 0.856. The second-order valence-electron chi connectivity index (χ2n) is 6.73. The summed E-state index contributed by atoms with van der Waals surface area (Å²) in [4.78, 5) is 16.7. The lowest BCUT2D eigenvalue weighted by molar-refractivity contribution is 0.0785. The second-order valence-corrected chi connectivity index (χ2v) is 6.73. The van der Waals surface area contributed by atoms with Crippen molar-refractivity contribution in [2.24, 2.45) is 0 Å². The molecule has 1 aliphatic rings. The molecule has 4 heteroatoms. The maximum Gasteiger partial charge on any atom is 0.253 e. The summed E-state index contributed by atoms with van der Waals surface area (Å²) in [5.74, 6) is 0.0559. The van der Waals surface area contributed by atoms with E-state index in [1.54, 1.807) is 4.90 Å². The molecule has 0 aliphatic carbocycles. The van der Waals surface area contributed by atoms with Crippen LogP contribution in [0, 0.1) is 13.8 Å². The topological polar surface area (TPSA) is 32.8 Å². The summed E-state index contributed by atoms with van der Waals surface area (Å²) in [6.45, 7) is 8.15. The lowest BCUT2D eigenvalue weighted by Crippen LogP contribution is -2.36. The minimum atomic E-state index is 0.0559. The van der Waals surface area contributed by atoms with E-state index in [0.717, 1.165) is 43.0 Å². The van der Waals surface area contributed by atoms with Gasteiger partial charge in [0.15, 0.2) is 0 Å². The number of carbonyl (C=O) groups excluding carboxylic acids is 1. The number of aryl methyl sites for hydroxylation is 2. The maximum absolute atomic E-state index is 12.6. The summed E-state index contributed by atoms with van der Waals surface area (Å²) in [5, 5.41) is 0. The Labute approximate surface area is 150 Å². The molecular formula is C21H26N2O2. The molecule has 2 aromatic carbocycles. The molecule has 0 N–H and O–H groups in total. The van der Waals surface area contributed by atoms with E-state index in [1.165, 1.54) is 11.3 Å². The van der Waals surface area contributed by atoms with Gasteiger partial charge in [-0.25, -0.2) is 0 Å². The van der Waals surface area contributed by atoms with E-state index in [9.17, 15) is 4.79 Å². The van der Waals surface area contributed by atoms with Gasteiger partial charge in [-0.3, -0.25) is 4.79 Å². The van der Waals surface area contributed by atoms with E-state index in [1.807, 2.05) is 32.2 Å². The second kappa shape index (κ2) is 7.70. The minimum absolute atomic E-state index is 0.0559. The molecule has 0 spiro atoms. The van der Waals surface area contributed by atoms with Gasteiger partial charge in [0.05, 0.1) is 13.2 Å². The van der Waals surface area contributed by atoms with Gasteiger partial charge in [0.1, 0.15) is 0 Å². The number of hydrogen-bond acceptors (Lipinski definition) is 3. The summed E-state index contributed by atoms with van der Waals surface area (Å²) in [5.41, 5.74) is 5.45. The molecule has 0 bridgehead atoms. The summed E-state index contributed by atoms with van der Waals surface area (Å²) < 4.78 is 5.40. The van der Waals surface area contributed by atoms with Crippen LogP contribution in [0.4, 0.5) is 5.69 Å². The third-order valence-electron chi connectivity index (χ3n) is 4.83. The number of amides is 1. The van der Waals surface area contributed by atoms with Crippen LogP contribution in [0.3, 0.4) is 0 Å². The molecule has 25 heavy (non-hydrogen) atoms. The van der Waals surface area contributed by atoms with Gasteiger partial charge in [-0.15, -0.1) is 0 Å². The molecule has 1 heterocycles. The Hall–Kier alpha value is -2.33. The maximum atomic E-state index is 12.6. The molecule has 2 aromatic rings. The fourth-order valence-corrected chi connectivity index (χ4v) is 3.07. The molecule has 0 radical (unpaired) electrons. The highest BCUT2D eigenvalue weighted by atomic mass is 16.5. The van der Waals surface area contributed by atoms with E-state index in [0.29, 0.717) is 6.54 Å². The first kappa shape index (κ1) is 17.5. The molecule has 3 rings (SSSR count). The Morgan fingerprint density at radius 3 is 2.36 bits per heavy atom. The number of carbonyl (C=O) groups is 1. The molecule has 0 atom stereocenters. The highest BCUT2D eigenvalue weighted by Gasteiger charge is 2.14. The van der Waals surface area contributed by atoms with E-state index in [4.69, 9.17) is 4.74 Å². The molecule has 1 fully saturated rings. The van der Waals surface area contributed by atoms with Crippen molar-refractivity contribution in [2.75, 3.05) is 38.3 Å². The average Bonchev–Trinajstić information content (AvgIpc) is 2.64. The fraction of sp³-hybridized carbons (Fsp3) is 0.381. The van der Waals surface area contributed by atoms with E-state index in [2.05, 4.69) is 36.1 Å². The number of hydrogen-bond donors (Lipinski definition) is 0. The summed E-state index contributed by atoms with van der Waals surface area (Å²) >= 11 is 0. The predicted octanol–water partition coefficient (Wildman–Crippen LogP) is 3.41. The van der Waals surface area contributed by atoms with Crippen molar-refractivity contribution in [3.8, 4) is 0 Å². The number of benzene rings is 2. The van der Waals surface area contributed by atoms with Crippen LogP contribution in [0.5, 0.6) is 0 Å². The number of ether oxygens (including phenoxy) is 1. The van der Waals surface area contributed by atoms with Gasteiger partial charge in [-0.05, 0) is 54.8 Å². The van der Waals surface area contributed by atoms with Crippen LogP contribution in [-0.2, 0) is 11.3 Å². The van der Waals surface area contributed by atoms with Crippen molar-refractivity contribution < 1.29 is 9.53 Å². The molecule has 0 saturated carbocycles. The summed E-state index contributed by atoms with van der Waals surface area (Å²) in [6, 6.07) is 14.4. The van der Waals surface area contributed by atoms with Crippen molar-refractivity contribution >= 4 is 11.6 Å². The molecule has 4 nitrogen and oxygen atoms in total. The number of rotatable bonds is 4. The van der Waals surface area contributed by atoms with Crippen molar-refractivity contribution in [3.05, 3.63) is 64.7 Å². The molecular weight excluding hydrogens is 312 g/mol. The van der Waals surface area contributed by atoms with Gasteiger partial charge in [0, 0.05) is 37.9 Å². The van der Waals surface area contributed by atoms with Crippen LogP contribution in [0.25, 0.3) is 0 Å². The number of morpholine rings is 1. The van der Waals surface area contributed by atoms with Gasteiger partial charge in [0.25, 0.3) is 5.91 Å². The number of nitrogens with zero attached hydrogens (tertiary/aromatic N) is 2. The SMILES string of the molecule is Cc1ccc(C(=O)N(C)Cc2ccc(N3CCOCC3)cc2)cc1C. The van der Waals surface area contributed by atoms with Gasteiger partial charge >= 0.3 is 0 Å². The molecule has 1 amide bonds. The standard InChI is InChI=1S/C21H26N2O2/c1-16-4-7-19(14-17(16)2)21(24)22(3)15-18-5-8-20(9-6-18)23-10-12-25-13-11-23/h4-9,14H,10-13,15H2,1-3H3. The van der Waals surface area contributed by atoms with Crippen molar-refractivity contribution in [1.82, 2.24) is 4.90 Å². The Morgan fingerprint density at radius 2 is 1.72 bits per heavy atom. The lowest BCUT2D eigenvalue weighted by Gasteiger charge is -2.29. The zero-order valence-corrected chi connectivity index (χ0v) is 15.3. The van der Waals surface area contributed by atoms with E-state index >= 15 is 0 Å². The Bertz CT molecular complexity index is 734. The highest BCUT2D eigenvalue weighted by molar-refractivity contribution is 5.94. The van der Waals surface area contributed by atoms with E-state index in [-0.39, 0.29) is 5.91 Å². The highest BCUT2D eigenvalue weighted by Crippen LogP contribution is 2.18. The molecule has 0 aromatic heterocycles. The Kier molecular flexibility index (Phi) is 5.39. The Balaban J connectivity index is 1.64. The fourth-order valence-electron chi connectivity index (χ4n) is 3.07. The van der Waals surface area contributed by atoms with Gasteiger partial charge < -0.3 is 14.5 Å². The molecule has 132 valence electrons. The average molecular weight is 338 g/mol.